The lowest BCUT2D eigenvalue weighted by Crippen LogP contribution is -2.14. The first-order chi connectivity index (χ1) is 8.93. The number of nitro groups is 1. The lowest BCUT2D eigenvalue weighted by molar-refractivity contribution is -0.384. The first-order valence-corrected chi connectivity index (χ1v) is 5.55. The number of methoxy groups -OCH3 is 1. The van der Waals surface area contributed by atoms with Crippen LogP contribution in [0.2, 0.25) is 0 Å². The van der Waals surface area contributed by atoms with E-state index < -0.39 is 10.9 Å². The molecule has 0 atom stereocenters. The van der Waals surface area contributed by atoms with Crippen molar-refractivity contribution < 1.29 is 19.2 Å². The molecule has 0 unspecified atom stereocenters. The number of amides is 1. The molecule has 1 amide bonds. The summed E-state index contributed by atoms with van der Waals surface area (Å²) in [6.07, 6.45) is -0.00252. The van der Waals surface area contributed by atoms with E-state index in [-0.39, 0.29) is 24.4 Å². The van der Waals surface area contributed by atoms with Crippen molar-refractivity contribution in [3.8, 4) is 0 Å². The number of hydrogen-bond donors (Lipinski definition) is 1. The molecule has 0 spiro atoms. The van der Waals surface area contributed by atoms with Gasteiger partial charge in [0.1, 0.15) is 0 Å². The van der Waals surface area contributed by atoms with Crippen LogP contribution in [0.15, 0.2) is 18.2 Å². The number of benzene rings is 1. The Morgan fingerprint density at radius 3 is 2.58 bits per heavy atom. The van der Waals surface area contributed by atoms with Gasteiger partial charge in [0.25, 0.3) is 5.69 Å². The highest BCUT2D eigenvalue weighted by atomic mass is 16.6. The van der Waals surface area contributed by atoms with Crippen molar-refractivity contribution in [3.05, 3.63) is 33.9 Å². The minimum absolute atomic E-state index is 0.00308. The molecule has 1 aromatic carbocycles. The fourth-order valence-corrected chi connectivity index (χ4v) is 1.43. The quantitative estimate of drug-likeness (QED) is 0.497. The molecule has 0 bridgehead atoms. The van der Waals surface area contributed by atoms with Crippen molar-refractivity contribution in [3.63, 3.8) is 0 Å². The van der Waals surface area contributed by atoms with Gasteiger partial charge in [-0.25, -0.2) is 0 Å². The van der Waals surface area contributed by atoms with Gasteiger partial charge in [0, 0.05) is 24.2 Å². The summed E-state index contributed by atoms with van der Waals surface area (Å²) in [6.45, 7) is 1.66. The molecule has 0 aromatic heterocycles. The number of hydrogen-bond acceptors (Lipinski definition) is 5. The molecule has 102 valence electrons. The molecular formula is C12H14N2O5. The molecule has 0 saturated carbocycles. The maximum Gasteiger partial charge on any atom is 0.306 e. The van der Waals surface area contributed by atoms with Crippen molar-refractivity contribution in [1.82, 2.24) is 0 Å². The first-order valence-electron chi connectivity index (χ1n) is 5.55. The standard InChI is InChI=1S/C12H14N2O5/c1-8-7-9(14(17)18)3-4-10(8)13-11(15)5-6-12(16)19-2/h3-4,7H,5-6H2,1-2H3,(H,13,15). The Bertz CT molecular complexity index is 513. The van der Waals surface area contributed by atoms with Gasteiger partial charge in [-0.1, -0.05) is 0 Å². The van der Waals surface area contributed by atoms with E-state index in [1.54, 1.807) is 6.92 Å². The summed E-state index contributed by atoms with van der Waals surface area (Å²) in [5.41, 5.74) is 1.03. The monoisotopic (exact) mass is 266 g/mol. The fraction of sp³-hybridized carbons (Fsp3) is 0.333. The summed E-state index contributed by atoms with van der Waals surface area (Å²) in [6, 6.07) is 4.14. The second-order valence-corrected chi connectivity index (χ2v) is 3.88. The SMILES string of the molecule is COC(=O)CCC(=O)Nc1ccc([N+](=O)[O-])cc1C. The summed E-state index contributed by atoms with van der Waals surface area (Å²) >= 11 is 0. The average molecular weight is 266 g/mol. The summed E-state index contributed by atoms with van der Waals surface area (Å²) in [5, 5.41) is 13.2. The number of esters is 1. The van der Waals surface area contributed by atoms with Crippen LogP contribution in [0.5, 0.6) is 0 Å². The van der Waals surface area contributed by atoms with Gasteiger partial charge < -0.3 is 10.1 Å². The van der Waals surface area contributed by atoms with E-state index in [4.69, 9.17) is 0 Å². The van der Waals surface area contributed by atoms with E-state index in [9.17, 15) is 19.7 Å². The number of nitro benzene ring substituents is 1. The Morgan fingerprint density at radius 2 is 2.05 bits per heavy atom. The molecule has 0 saturated heterocycles. The van der Waals surface area contributed by atoms with Gasteiger partial charge in [0.15, 0.2) is 0 Å². The maximum absolute atomic E-state index is 11.6. The molecule has 0 aliphatic heterocycles. The Balaban J connectivity index is 2.64. The van der Waals surface area contributed by atoms with Crippen molar-refractivity contribution in [2.24, 2.45) is 0 Å². The zero-order valence-corrected chi connectivity index (χ0v) is 10.6. The highest BCUT2D eigenvalue weighted by molar-refractivity contribution is 5.93. The molecule has 1 N–H and O–H groups in total. The second-order valence-electron chi connectivity index (χ2n) is 3.88. The number of nitrogens with one attached hydrogen (secondary N) is 1. The fourth-order valence-electron chi connectivity index (χ4n) is 1.43. The molecule has 0 fully saturated rings. The Kier molecular flexibility index (Phi) is 4.99. The Morgan fingerprint density at radius 1 is 1.37 bits per heavy atom. The number of rotatable bonds is 5. The van der Waals surface area contributed by atoms with Crippen LogP contribution >= 0.6 is 0 Å². The molecule has 0 aliphatic rings. The molecule has 0 heterocycles. The van der Waals surface area contributed by atoms with Crippen LogP contribution in [0.1, 0.15) is 18.4 Å². The predicted octanol–water partition coefficient (Wildman–Crippen LogP) is 1.79. The Hall–Kier alpha value is -2.44. The van der Waals surface area contributed by atoms with Crippen LogP contribution in [0.25, 0.3) is 0 Å². The van der Waals surface area contributed by atoms with Crippen molar-refractivity contribution in [2.45, 2.75) is 19.8 Å². The number of nitrogens with zero attached hydrogens (tertiary/aromatic N) is 1. The van der Waals surface area contributed by atoms with Crippen molar-refractivity contribution in [2.75, 3.05) is 12.4 Å². The van der Waals surface area contributed by atoms with Crippen LogP contribution in [0, 0.1) is 17.0 Å². The lowest BCUT2D eigenvalue weighted by atomic mass is 10.1. The van der Waals surface area contributed by atoms with Crippen LogP contribution < -0.4 is 5.32 Å². The number of ether oxygens (including phenoxy) is 1. The third kappa shape index (κ3) is 4.38. The number of carbonyl (C=O) groups excluding carboxylic acids is 2. The maximum atomic E-state index is 11.6. The lowest BCUT2D eigenvalue weighted by Gasteiger charge is -2.07. The van der Waals surface area contributed by atoms with Gasteiger partial charge in [-0.3, -0.25) is 19.7 Å². The average Bonchev–Trinajstić information content (AvgIpc) is 2.38. The smallest absolute Gasteiger partial charge is 0.306 e. The van der Waals surface area contributed by atoms with Gasteiger partial charge in [-0.2, -0.15) is 0 Å². The van der Waals surface area contributed by atoms with E-state index in [1.807, 2.05) is 0 Å². The van der Waals surface area contributed by atoms with Crippen LogP contribution in [0.4, 0.5) is 11.4 Å². The minimum Gasteiger partial charge on any atom is -0.469 e. The second kappa shape index (κ2) is 6.48. The van der Waals surface area contributed by atoms with Gasteiger partial charge in [0.2, 0.25) is 5.91 Å². The van der Waals surface area contributed by atoms with Gasteiger partial charge in [-0.05, 0) is 18.6 Å². The molecule has 19 heavy (non-hydrogen) atoms. The van der Waals surface area contributed by atoms with E-state index >= 15 is 0 Å². The number of anilines is 1. The first kappa shape index (κ1) is 14.6. The van der Waals surface area contributed by atoms with Gasteiger partial charge in [0.05, 0.1) is 18.5 Å². The molecule has 7 heteroatoms. The van der Waals surface area contributed by atoms with E-state index in [0.717, 1.165) is 0 Å². The third-order valence-electron chi connectivity index (χ3n) is 2.48. The van der Waals surface area contributed by atoms with E-state index in [0.29, 0.717) is 11.3 Å². The molecule has 0 aliphatic carbocycles. The Labute approximate surface area is 109 Å². The normalized spacial score (nSPS) is 9.79. The molecule has 7 nitrogen and oxygen atoms in total. The topological polar surface area (TPSA) is 98.5 Å². The number of non-ortho nitro benzene ring substituents is 1. The minimum atomic E-state index is -0.504. The largest absolute Gasteiger partial charge is 0.469 e. The predicted molar refractivity (Wildman–Crippen MR) is 67.7 cm³/mol. The highest BCUT2D eigenvalue weighted by Crippen LogP contribution is 2.21. The highest BCUT2D eigenvalue weighted by Gasteiger charge is 2.11. The zero-order chi connectivity index (χ0) is 14.4. The van der Waals surface area contributed by atoms with Crippen LogP contribution in [0.3, 0.4) is 0 Å². The number of carbonyl (C=O) groups is 2. The molecule has 1 rings (SSSR count). The summed E-state index contributed by atoms with van der Waals surface area (Å²) in [4.78, 5) is 32.5. The molecular weight excluding hydrogens is 252 g/mol. The van der Waals surface area contributed by atoms with Crippen LogP contribution in [-0.4, -0.2) is 23.9 Å². The van der Waals surface area contributed by atoms with Gasteiger partial charge >= 0.3 is 5.97 Å². The van der Waals surface area contributed by atoms with Crippen molar-refractivity contribution >= 4 is 23.3 Å². The summed E-state index contributed by atoms with van der Waals surface area (Å²) in [7, 11) is 1.25. The zero-order valence-electron chi connectivity index (χ0n) is 10.6. The van der Waals surface area contributed by atoms with Crippen LogP contribution in [-0.2, 0) is 14.3 Å². The van der Waals surface area contributed by atoms with E-state index in [2.05, 4.69) is 10.1 Å². The molecule has 0 radical (unpaired) electrons. The number of aryl methyl sites for hydroxylation is 1. The summed E-state index contributed by atoms with van der Waals surface area (Å²) < 4.78 is 4.42. The van der Waals surface area contributed by atoms with Gasteiger partial charge in [-0.15, -0.1) is 0 Å². The molecule has 1 aromatic rings. The van der Waals surface area contributed by atoms with Crippen molar-refractivity contribution in [1.29, 1.82) is 0 Å². The summed E-state index contributed by atoms with van der Waals surface area (Å²) in [5.74, 6) is -0.807. The third-order valence-corrected chi connectivity index (χ3v) is 2.48. The van der Waals surface area contributed by atoms with E-state index in [1.165, 1.54) is 25.3 Å².